The second kappa shape index (κ2) is 6.98. The number of hydrogen-bond acceptors (Lipinski definition) is 2. The molecule has 1 heterocycles. The van der Waals surface area contributed by atoms with Gasteiger partial charge in [-0.05, 0) is 24.1 Å². The highest BCUT2D eigenvalue weighted by Crippen LogP contribution is 2.23. The van der Waals surface area contributed by atoms with Crippen LogP contribution in [0.15, 0.2) is 18.2 Å². The molecule has 1 aromatic rings. The van der Waals surface area contributed by atoms with Crippen molar-refractivity contribution in [1.29, 1.82) is 0 Å². The molecule has 0 unspecified atom stereocenters. The number of carbonyl (C=O) groups is 1. The van der Waals surface area contributed by atoms with Gasteiger partial charge in [0.2, 0.25) is 0 Å². The topological polar surface area (TPSA) is 43.6 Å². The van der Waals surface area contributed by atoms with Gasteiger partial charge in [-0.25, -0.2) is 10.1 Å². The second-order valence-corrected chi connectivity index (χ2v) is 5.13. The zero-order valence-corrected chi connectivity index (χ0v) is 12.0. The Bertz CT molecular complexity index is 446. The van der Waals surface area contributed by atoms with E-state index in [2.05, 4.69) is 5.32 Å². The zero-order valence-electron chi connectivity index (χ0n) is 10.4. The molecule has 1 aliphatic rings. The van der Waals surface area contributed by atoms with E-state index >= 15 is 0 Å². The molecule has 0 atom stereocenters. The van der Waals surface area contributed by atoms with Gasteiger partial charge in [-0.15, -0.1) is 0 Å². The summed E-state index contributed by atoms with van der Waals surface area (Å²) in [6.07, 6.45) is 0.588. The Morgan fingerprint density at radius 3 is 2.89 bits per heavy atom. The van der Waals surface area contributed by atoms with E-state index in [9.17, 15) is 4.79 Å². The SMILES string of the molecule is O=C(OCc1ccc(Cl)c(Cl)c1)N1CCC[N]CC1. The maximum absolute atomic E-state index is 11.9. The number of rotatable bonds is 2. The summed E-state index contributed by atoms with van der Waals surface area (Å²) in [6, 6.07) is 5.19. The molecule has 1 amide bonds. The Morgan fingerprint density at radius 2 is 2.11 bits per heavy atom. The lowest BCUT2D eigenvalue weighted by atomic mass is 10.2. The molecule has 1 saturated heterocycles. The molecule has 1 radical (unpaired) electrons. The van der Waals surface area contributed by atoms with Crippen molar-refractivity contribution < 1.29 is 9.53 Å². The van der Waals surface area contributed by atoms with Crippen molar-refractivity contribution in [3.05, 3.63) is 33.8 Å². The first-order valence-corrected chi connectivity index (χ1v) is 6.91. The first-order valence-electron chi connectivity index (χ1n) is 6.15. The molecule has 0 saturated carbocycles. The van der Waals surface area contributed by atoms with Gasteiger partial charge in [0.1, 0.15) is 6.61 Å². The Kier molecular flexibility index (Phi) is 5.31. The average Bonchev–Trinajstić information content (AvgIpc) is 2.69. The van der Waals surface area contributed by atoms with Crippen LogP contribution < -0.4 is 5.32 Å². The quantitative estimate of drug-likeness (QED) is 0.843. The smallest absolute Gasteiger partial charge is 0.410 e. The summed E-state index contributed by atoms with van der Waals surface area (Å²) < 4.78 is 5.26. The van der Waals surface area contributed by atoms with Crippen molar-refractivity contribution in [2.24, 2.45) is 0 Å². The van der Waals surface area contributed by atoms with Crippen LogP contribution in [0.4, 0.5) is 4.79 Å². The number of benzene rings is 1. The fourth-order valence-electron chi connectivity index (χ4n) is 1.84. The van der Waals surface area contributed by atoms with Crippen molar-refractivity contribution in [3.8, 4) is 0 Å². The van der Waals surface area contributed by atoms with Crippen LogP contribution in [0.25, 0.3) is 0 Å². The lowest BCUT2D eigenvalue weighted by Gasteiger charge is -2.19. The van der Waals surface area contributed by atoms with Crippen LogP contribution in [-0.4, -0.2) is 37.2 Å². The molecule has 4 nitrogen and oxygen atoms in total. The third-order valence-corrected chi connectivity index (χ3v) is 3.62. The van der Waals surface area contributed by atoms with Crippen molar-refractivity contribution in [2.75, 3.05) is 26.2 Å². The maximum atomic E-state index is 11.9. The summed E-state index contributed by atoms with van der Waals surface area (Å²) in [5.74, 6) is 0. The molecule has 103 valence electrons. The predicted molar refractivity (Wildman–Crippen MR) is 74.7 cm³/mol. The van der Waals surface area contributed by atoms with E-state index in [0.717, 1.165) is 18.5 Å². The number of amides is 1. The minimum Gasteiger partial charge on any atom is -0.445 e. The molecule has 0 aliphatic carbocycles. The van der Waals surface area contributed by atoms with Gasteiger partial charge in [0, 0.05) is 26.2 Å². The maximum Gasteiger partial charge on any atom is 0.410 e. The van der Waals surface area contributed by atoms with E-state index in [4.69, 9.17) is 27.9 Å². The van der Waals surface area contributed by atoms with Crippen molar-refractivity contribution in [3.63, 3.8) is 0 Å². The lowest BCUT2D eigenvalue weighted by molar-refractivity contribution is 0.0984. The standard InChI is InChI=1S/C13H15Cl2N2O2/c14-11-3-2-10(8-12(11)15)9-19-13(18)17-6-1-4-16-5-7-17/h2-3,8H,1,4-7,9H2. The van der Waals surface area contributed by atoms with E-state index < -0.39 is 0 Å². The number of carbonyl (C=O) groups excluding carboxylic acids is 1. The fourth-order valence-corrected chi connectivity index (χ4v) is 2.16. The van der Waals surface area contributed by atoms with Gasteiger partial charge in [-0.1, -0.05) is 29.3 Å². The van der Waals surface area contributed by atoms with E-state index in [0.29, 0.717) is 29.7 Å². The summed E-state index contributed by atoms with van der Waals surface area (Å²) in [4.78, 5) is 13.6. The Balaban J connectivity index is 1.86. The van der Waals surface area contributed by atoms with Crippen molar-refractivity contribution >= 4 is 29.3 Å². The molecule has 0 N–H and O–H groups in total. The van der Waals surface area contributed by atoms with Crippen molar-refractivity contribution in [1.82, 2.24) is 10.2 Å². The molecule has 6 heteroatoms. The molecular formula is C13H15Cl2N2O2. The molecule has 0 aromatic heterocycles. The highest BCUT2D eigenvalue weighted by atomic mass is 35.5. The minimum atomic E-state index is -0.303. The Hall–Kier alpha value is -0.970. The second-order valence-electron chi connectivity index (χ2n) is 4.31. The zero-order chi connectivity index (χ0) is 13.7. The molecule has 1 aliphatic heterocycles. The van der Waals surface area contributed by atoms with Crippen LogP contribution in [0.5, 0.6) is 0 Å². The van der Waals surface area contributed by atoms with Crippen LogP contribution in [0, 0.1) is 0 Å². The van der Waals surface area contributed by atoms with Crippen LogP contribution >= 0.6 is 23.2 Å². The lowest BCUT2D eigenvalue weighted by Crippen LogP contribution is -2.34. The molecule has 19 heavy (non-hydrogen) atoms. The summed E-state index contributed by atoms with van der Waals surface area (Å²) in [6.45, 7) is 3.02. The Morgan fingerprint density at radius 1 is 1.26 bits per heavy atom. The fraction of sp³-hybridized carbons (Fsp3) is 0.462. The minimum absolute atomic E-state index is 0.198. The van der Waals surface area contributed by atoms with Crippen molar-refractivity contribution in [2.45, 2.75) is 13.0 Å². The summed E-state index contributed by atoms with van der Waals surface area (Å²) in [5, 5.41) is 5.21. The molecular weight excluding hydrogens is 287 g/mol. The Labute approximate surface area is 122 Å². The van der Waals surface area contributed by atoms with Gasteiger partial charge < -0.3 is 9.64 Å². The van der Waals surface area contributed by atoms with E-state index in [1.165, 1.54) is 0 Å². The van der Waals surface area contributed by atoms with E-state index in [1.807, 2.05) is 0 Å². The summed E-state index contributed by atoms with van der Waals surface area (Å²) >= 11 is 11.7. The first-order chi connectivity index (χ1) is 9.16. The first kappa shape index (κ1) is 14.4. The number of hydrogen-bond donors (Lipinski definition) is 0. The molecule has 2 rings (SSSR count). The van der Waals surface area contributed by atoms with Gasteiger partial charge in [0.15, 0.2) is 0 Å². The number of nitrogens with zero attached hydrogens (tertiary/aromatic N) is 2. The third kappa shape index (κ3) is 4.27. The van der Waals surface area contributed by atoms with Gasteiger partial charge in [0.05, 0.1) is 10.0 Å². The largest absolute Gasteiger partial charge is 0.445 e. The van der Waals surface area contributed by atoms with Gasteiger partial charge in [-0.2, -0.15) is 0 Å². The summed E-state index contributed by atoms with van der Waals surface area (Å²) in [5.41, 5.74) is 0.822. The number of ether oxygens (including phenoxy) is 1. The van der Waals surface area contributed by atoms with Crippen LogP contribution in [0.3, 0.4) is 0 Å². The van der Waals surface area contributed by atoms with Crippen LogP contribution in [-0.2, 0) is 11.3 Å². The van der Waals surface area contributed by atoms with Gasteiger partial charge in [0.25, 0.3) is 0 Å². The molecule has 1 fully saturated rings. The highest BCUT2D eigenvalue weighted by Gasteiger charge is 2.16. The van der Waals surface area contributed by atoms with E-state index in [1.54, 1.807) is 23.1 Å². The molecule has 1 aromatic carbocycles. The van der Waals surface area contributed by atoms with Crippen LogP contribution in [0.1, 0.15) is 12.0 Å². The summed E-state index contributed by atoms with van der Waals surface area (Å²) in [7, 11) is 0. The van der Waals surface area contributed by atoms with Crippen LogP contribution in [0.2, 0.25) is 10.0 Å². The van der Waals surface area contributed by atoms with E-state index in [-0.39, 0.29) is 12.7 Å². The predicted octanol–water partition coefficient (Wildman–Crippen LogP) is 2.94. The normalized spacial score (nSPS) is 16.0. The highest BCUT2D eigenvalue weighted by molar-refractivity contribution is 6.42. The monoisotopic (exact) mass is 301 g/mol. The van der Waals surface area contributed by atoms with Gasteiger partial charge >= 0.3 is 6.09 Å². The molecule has 0 spiro atoms. The molecule has 0 bridgehead atoms. The third-order valence-electron chi connectivity index (χ3n) is 2.88. The van der Waals surface area contributed by atoms with Gasteiger partial charge in [-0.3, -0.25) is 0 Å². The average molecular weight is 302 g/mol. The number of halogens is 2.